The summed E-state index contributed by atoms with van der Waals surface area (Å²) in [4.78, 5) is 31.6. The lowest BCUT2D eigenvalue weighted by atomic mass is 9.73. The van der Waals surface area contributed by atoms with E-state index in [1.54, 1.807) is 31.0 Å². The predicted molar refractivity (Wildman–Crippen MR) is 99.1 cm³/mol. The average Bonchev–Trinajstić information content (AvgIpc) is 2.67. The van der Waals surface area contributed by atoms with Crippen LogP contribution >= 0.6 is 0 Å². The number of rotatable bonds is 4. The maximum atomic E-state index is 12.6. The molecule has 142 valence electrons. The van der Waals surface area contributed by atoms with Crippen molar-refractivity contribution in [3.8, 4) is 0 Å². The molecule has 2 aliphatic heterocycles. The van der Waals surface area contributed by atoms with Crippen molar-refractivity contribution in [1.82, 2.24) is 24.8 Å². The third-order valence-corrected chi connectivity index (χ3v) is 5.42. The average molecular weight is 368 g/mol. The molecule has 0 unspecified atom stereocenters. The highest BCUT2D eigenvalue weighted by Crippen LogP contribution is 2.40. The minimum Gasteiger partial charge on any atom is -0.381 e. The Kier molecular flexibility index (Phi) is 4.51. The molecule has 0 saturated carbocycles. The Bertz CT molecular complexity index is 795. The van der Waals surface area contributed by atoms with E-state index in [0.717, 1.165) is 44.8 Å². The number of hydrogen-bond acceptors (Lipinski definition) is 7. The molecule has 0 bridgehead atoms. The van der Waals surface area contributed by atoms with Crippen LogP contribution < -0.4 is 5.32 Å². The second-order valence-corrected chi connectivity index (χ2v) is 7.91. The third-order valence-electron chi connectivity index (χ3n) is 5.42. The van der Waals surface area contributed by atoms with Gasteiger partial charge in [0, 0.05) is 56.5 Å². The normalized spacial score (nSPS) is 18.8. The predicted octanol–water partition coefficient (Wildman–Crippen LogP) is 1.87. The number of nitrogens with zero attached hydrogens (tertiary/aromatic N) is 5. The van der Waals surface area contributed by atoms with Gasteiger partial charge in [-0.05, 0) is 26.7 Å². The Morgan fingerprint density at radius 2 is 1.81 bits per heavy atom. The Morgan fingerprint density at radius 3 is 2.44 bits per heavy atom. The van der Waals surface area contributed by atoms with E-state index in [1.165, 1.54) is 0 Å². The molecule has 0 atom stereocenters. The molecule has 2 fully saturated rings. The summed E-state index contributed by atoms with van der Waals surface area (Å²) >= 11 is 0. The zero-order valence-electron chi connectivity index (χ0n) is 15.7. The quantitative estimate of drug-likeness (QED) is 0.880. The number of carbonyl (C=O) groups excluding carboxylic acids is 1. The molecule has 2 aromatic heterocycles. The van der Waals surface area contributed by atoms with Gasteiger partial charge in [-0.15, -0.1) is 0 Å². The van der Waals surface area contributed by atoms with Crippen LogP contribution in [0.4, 0.5) is 5.95 Å². The molecule has 1 spiro atoms. The second-order valence-electron chi connectivity index (χ2n) is 7.91. The fraction of sp³-hybridized carbons (Fsp3) is 0.526. The number of nitrogens with one attached hydrogen (secondary N) is 1. The van der Waals surface area contributed by atoms with Gasteiger partial charge in [-0.1, -0.05) is 0 Å². The summed E-state index contributed by atoms with van der Waals surface area (Å²) < 4.78 is 5.43. The summed E-state index contributed by atoms with van der Waals surface area (Å²) in [6.45, 7) is 7.16. The molecule has 0 radical (unpaired) electrons. The number of carbonyl (C=O) groups is 1. The lowest BCUT2D eigenvalue weighted by molar-refractivity contribution is -0.0666. The van der Waals surface area contributed by atoms with Crippen molar-refractivity contribution in [2.75, 3.05) is 31.6 Å². The molecule has 1 amide bonds. The zero-order chi connectivity index (χ0) is 18.9. The Hall–Kier alpha value is -2.61. The maximum absolute atomic E-state index is 12.6. The number of aromatic nitrogens is 4. The van der Waals surface area contributed by atoms with Crippen LogP contribution in [0.3, 0.4) is 0 Å². The van der Waals surface area contributed by atoms with Crippen LogP contribution in [-0.2, 0) is 10.3 Å². The highest BCUT2D eigenvalue weighted by molar-refractivity contribution is 5.94. The van der Waals surface area contributed by atoms with Crippen LogP contribution in [0.1, 0.15) is 42.7 Å². The standard InChI is InChI=1S/C19H24N6O2/c1-18(2,15-11-20-5-6-21-15)24-17-22-9-14(10-23-17)16(26)25-12-19(13-25)3-7-27-8-4-19/h5-6,9-11H,3-4,7-8,12-13H2,1-2H3,(H,22,23,24). The van der Waals surface area contributed by atoms with Gasteiger partial charge in [0.05, 0.1) is 23.0 Å². The molecule has 27 heavy (non-hydrogen) atoms. The Labute approximate surface area is 158 Å². The van der Waals surface area contributed by atoms with Gasteiger partial charge in [0.1, 0.15) is 0 Å². The first kappa shape index (κ1) is 17.8. The highest BCUT2D eigenvalue weighted by Gasteiger charge is 2.46. The summed E-state index contributed by atoms with van der Waals surface area (Å²) in [5.41, 5.74) is 1.08. The second kappa shape index (κ2) is 6.84. The van der Waals surface area contributed by atoms with Gasteiger partial charge in [-0.25, -0.2) is 9.97 Å². The van der Waals surface area contributed by atoms with Gasteiger partial charge in [0.25, 0.3) is 5.91 Å². The number of likely N-dealkylation sites (tertiary alicyclic amines) is 1. The van der Waals surface area contributed by atoms with Crippen molar-refractivity contribution in [2.24, 2.45) is 5.41 Å². The summed E-state index contributed by atoms with van der Waals surface area (Å²) in [6.07, 6.45) is 10.2. The summed E-state index contributed by atoms with van der Waals surface area (Å²) in [5, 5.41) is 3.24. The van der Waals surface area contributed by atoms with Crippen LogP contribution in [0.25, 0.3) is 0 Å². The molecular formula is C19H24N6O2. The van der Waals surface area contributed by atoms with Crippen LogP contribution in [-0.4, -0.2) is 57.0 Å². The van der Waals surface area contributed by atoms with Gasteiger partial charge in [-0.2, -0.15) is 0 Å². The largest absolute Gasteiger partial charge is 0.381 e. The fourth-order valence-electron chi connectivity index (χ4n) is 3.68. The number of ether oxygens (including phenoxy) is 1. The van der Waals surface area contributed by atoms with E-state index in [4.69, 9.17) is 4.74 Å². The third kappa shape index (κ3) is 3.62. The minimum atomic E-state index is -0.479. The van der Waals surface area contributed by atoms with Crippen molar-refractivity contribution >= 4 is 11.9 Å². The van der Waals surface area contributed by atoms with Crippen molar-refractivity contribution in [3.05, 3.63) is 42.2 Å². The lowest BCUT2D eigenvalue weighted by Gasteiger charge is -2.52. The van der Waals surface area contributed by atoms with E-state index in [9.17, 15) is 4.79 Å². The van der Waals surface area contributed by atoms with E-state index in [-0.39, 0.29) is 11.3 Å². The molecule has 0 aliphatic carbocycles. The van der Waals surface area contributed by atoms with Crippen molar-refractivity contribution < 1.29 is 9.53 Å². The topological polar surface area (TPSA) is 93.1 Å². The molecule has 4 rings (SSSR count). The first-order valence-electron chi connectivity index (χ1n) is 9.21. The molecular weight excluding hydrogens is 344 g/mol. The number of anilines is 1. The number of hydrogen-bond donors (Lipinski definition) is 1. The van der Waals surface area contributed by atoms with Gasteiger partial charge in [0.2, 0.25) is 5.95 Å². The Balaban J connectivity index is 1.38. The fourth-order valence-corrected chi connectivity index (χ4v) is 3.68. The molecule has 1 N–H and O–H groups in total. The summed E-state index contributed by atoms with van der Waals surface area (Å²) in [7, 11) is 0. The van der Waals surface area contributed by atoms with E-state index >= 15 is 0 Å². The molecule has 8 nitrogen and oxygen atoms in total. The van der Waals surface area contributed by atoms with E-state index < -0.39 is 5.54 Å². The molecule has 2 aliphatic rings. The van der Waals surface area contributed by atoms with Gasteiger partial charge in [-0.3, -0.25) is 14.8 Å². The lowest BCUT2D eigenvalue weighted by Crippen LogP contribution is -2.60. The van der Waals surface area contributed by atoms with Gasteiger partial charge < -0.3 is 15.0 Å². The van der Waals surface area contributed by atoms with Crippen LogP contribution in [0.15, 0.2) is 31.0 Å². The minimum absolute atomic E-state index is 0.00754. The first-order valence-corrected chi connectivity index (χ1v) is 9.21. The van der Waals surface area contributed by atoms with Gasteiger partial charge in [0.15, 0.2) is 0 Å². The number of amides is 1. The van der Waals surface area contributed by atoms with Gasteiger partial charge >= 0.3 is 0 Å². The van der Waals surface area contributed by atoms with Crippen LogP contribution in [0.2, 0.25) is 0 Å². The SMILES string of the molecule is CC(C)(Nc1ncc(C(=O)N2CC3(CCOCC3)C2)cn1)c1cnccn1. The van der Waals surface area contributed by atoms with Crippen molar-refractivity contribution in [2.45, 2.75) is 32.2 Å². The molecule has 2 saturated heterocycles. The van der Waals surface area contributed by atoms with Crippen LogP contribution in [0, 0.1) is 5.41 Å². The van der Waals surface area contributed by atoms with E-state index in [0.29, 0.717) is 11.5 Å². The molecule has 2 aromatic rings. The van der Waals surface area contributed by atoms with Crippen molar-refractivity contribution in [1.29, 1.82) is 0 Å². The summed E-state index contributed by atoms with van der Waals surface area (Å²) in [5.74, 6) is 0.443. The first-order chi connectivity index (χ1) is 13.0. The molecule has 8 heteroatoms. The Morgan fingerprint density at radius 1 is 1.11 bits per heavy atom. The van der Waals surface area contributed by atoms with Crippen molar-refractivity contribution in [3.63, 3.8) is 0 Å². The monoisotopic (exact) mass is 368 g/mol. The van der Waals surface area contributed by atoms with Crippen LogP contribution in [0.5, 0.6) is 0 Å². The summed E-state index contributed by atoms with van der Waals surface area (Å²) in [6, 6.07) is 0. The zero-order valence-corrected chi connectivity index (χ0v) is 15.7. The smallest absolute Gasteiger partial charge is 0.257 e. The molecule has 0 aromatic carbocycles. The van der Waals surface area contributed by atoms with E-state index in [1.807, 2.05) is 18.7 Å². The highest BCUT2D eigenvalue weighted by atomic mass is 16.5. The van der Waals surface area contributed by atoms with E-state index in [2.05, 4.69) is 25.3 Å². The molecule has 4 heterocycles. The maximum Gasteiger partial charge on any atom is 0.257 e.